The highest BCUT2D eigenvalue weighted by Gasteiger charge is 1.80. The van der Waals surface area contributed by atoms with Crippen molar-refractivity contribution in [1.29, 1.82) is 0 Å². The average Bonchev–Trinajstić information content (AvgIpc) is 1.38. The smallest absolute Gasteiger partial charge is 0.430 e. The molecule has 0 heterocycles. The second kappa shape index (κ2) is 1.58. The third-order valence-corrected chi connectivity index (χ3v) is 0.224. The molecule has 0 aromatic heterocycles. The van der Waals surface area contributed by atoms with E-state index in [2.05, 4.69) is 4.99 Å². The van der Waals surface area contributed by atoms with Gasteiger partial charge < -0.3 is 10.2 Å². The lowest BCUT2D eigenvalue weighted by molar-refractivity contribution is -0.442. The van der Waals surface area contributed by atoms with Crippen molar-refractivity contribution in [3.8, 4) is 0 Å². The van der Waals surface area contributed by atoms with Crippen molar-refractivity contribution >= 4 is 6.08 Å². The maximum absolute atomic E-state index is 7.72. The van der Waals surface area contributed by atoms with Gasteiger partial charge in [0.05, 0.1) is 0 Å². The van der Waals surface area contributed by atoms with E-state index in [1.54, 1.807) is 0 Å². The molecule has 0 saturated heterocycles. The Kier molecular flexibility index (Phi) is 1.35. The van der Waals surface area contributed by atoms with Gasteiger partial charge in [0.1, 0.15) is 7.05 Å². The molecule has 0 amide bonds. The lowest BCUT2D eigenvalue weighted by atomic mass is 11.2. The highest BCUT2D eigenvalue weighted by Crippen LogP contribution is 1.24. The first-order valence-electron chi connectivity index (χ1n) is 1.20. The third-order valence-electron chi connectivity index (χ3n) is 0.224. The Hall–Kier alpha value is -0.730. The SMILES string of the molecule is C[NH+]=C(O)O. The summed E-state index contributed by atoms with van der Waals surface area (Å²) in [6.07, 6.45) is -0.745. The van der Waals surface area contributed by atoms with Gasteiger partial charge in [0.15, 0.2) is 0 Å². The molecular weight excluding hydrogens is 70.0 g/mol. The number of rotatable bonds is 0. The zero-order chi connectivity index (χ0) is 4.28. The molecule has 0 aliphatic rings. The largest absolute Gasteiger partial charge is 0.542 e. The van der Waals surface area contributed by atoms with Crippen molar-refractivity contribution in [3.05, 3.63) is 0 Å². The van der Waals surface area contributed by atoms with Gasteiger partial charge in [0.25, 0.3) is 0 Å². The third kappa shape index (κ3) is 3.27. The number of hydrogen-bond donors (Lipinski definition) is 3. The molecule has 0 atom stereocenters. The summed E-state index contributed by atoms with van der Waals surface area (Å²) in [5.41, 5.74) is 0. The fraction of sp³-hybridized carbons (Fsp3) is 0.500. The zero-order valence-electron chi connectivity index (χ0n) is 2.89. The minimum Gasteiger partial charge on any atom is -0.430 e. The Morgan fingerprint density at radius 1 is 1.60 bits per heavy atom. The van der Waals surface area contributed by atoms with Gasteiger partial charge in [-0.05, 0) is 0 Å². The van der Waals surface area contributed by atoms with E-state index in [-0.39, 0.29) is 0 Å². The quantitative estimate of drug-likeness (QED) is 0.235. The molecule has 30 valence electrons. The van der Waals surface area contributed by atoms with Gasteiger partial charge in [-0.2, -0.15) is 4.99 Å². The van der Waals surface area contributed by atoms with Gasteiger partial charge in [-0.25, -0.2) is 0 Å². The van der Waals surface area contributed by atoms with Crippen molar-refractivity contribution in [2.45, 2.75) is 0 Å². The number of nitrogens with one attached hydrogen (secondary N) is 1. The van der Waals surface area contributed by atoms with Crippen LogP contribution in [0.3, 0.4) is 0 Å². The summed E-state index contributed by atoms with van der Waals surface area (Å²) in [7, 11) is 1.41. The van der Waals surface area contributed by atoms with Crippen molar-refractivity contribution in [2.24, 2.45) is 0 Å². The van der Waals surface area contributed by atoms with E-state index < -0.39 is 6.08 Å². The zero-order valence-corrected chi connectivity index (χ0v) is 2.89. The minimum absolute atomic E-state index is 0.745. The van der Waals surface area contributed by atoms with Crippen LogP contribution in [0.1, 0.15) is 0 Å². The normalized spacial score (nSPS) is 6.60. The average molecular weight is 76.1 g/mol. The van der Waals surface area contributed by atoms with Crippen molar-refractivity contribution in [1.82, 2.24) is 0 Å². The summed E-state index contributed by atoms with van der Waals surface area (Å²) in [6.45, 7) is 0. The fourth-order valence-electron chi connectivity index (χ4n) is 0. The topological polar surface area (TPSA) is 54.4 Å². The van der Waals surface area contributed by atoms with Crippen LogP contribution in [0.2, 0.25) is 0 Å². The summed E-state index contributed by atoms with van der Waals surface area (Å²) in [5.74, 6) is 0. The van der Waals surface area contributed by atoms with Crippen LogP contribution in [0.4, 0.5) is 0 Å². The molecule has 0 spiro atoms. The van der Waals surface area contributed by atoms with E-state index in [9.17, 15) is 0 Å². The van der Waals surface area contributed by atoms with Crippen LogP contribution < -0.4 is 4.99 Å². The molecule has 0 aliphatic carbocycles. The Bertz CT molecular complexity index is 45.6. The van der Waals surface area contributed by atoms with E-state index in [0.717, 1.165) is 0 Å². The van der Waals surface area contributed by atoms with Crippen LogP contribution in [-0.2, 0) is 0 Å². The summed E-state index contributed by atoms with van der Waals surface area (Å²) in [4.78, 5) is 2.06. The number of aliphatic hydroxyl groups is 2. The number of hydrogen-bond acceptors (Lipinski definition) is 0. The minimum atomic E-state index is -0.745. The van der Waals surface area contributed by atoms with Gasteiger partial charge in [-0.3, -0.25) is 0 Å². The second-order valence-electron chi connectivity index (χ2n) is 0.574. The van der Waals surface area contributed by atoms with Crippen LogP contribution in [0, 0.1) is 0 Å². The van der Waals surface area contributed by atoms with Crippen LogP contribution in [0.25, 0.3) is 0 Å². The standard InChI is InChI=1S/C2H5NO2/c1-3-2(4)5/h1H3,(H2,3,4,5)/p+1. The van der Waals surface area contributed by atoms with Gasteiger partial charge in [0, 0.05) is 0 Å². The van der Waals surface area contributed by atoms with E-state index in [1.165, 1.54) is 7.05 Å². The molecule has 0 aromatic carbocycles. The first kappa shape index (κ1) is 4.27. The van der Waals surface area contributed by atoms with Gasteiger partial charge in [-0.15, -0.1) is 0 Å². The monoisotopic (exact) mass is 76.0 g/mol. The molecule has 0 bridgehead atoms. The maximum atomic E-state index is 7.72. The summed E-state index contributed by atoms with van der Waals surface area (Å²) in [5, 5.41) is 15.4. The summed E-state index contributed by atoms with van der Waals surface area (Å²) in [6, 6.07) is 0. The Balaban J connectivity index is 3.14. The molecule has 5 heavy (non-hydrogen) atoms. The van der Waals surface area contributed by atoms with Crippen molar-refractivity contribution < 1.29 is 15.2 Å². The van der Waals surface area contributed by atoms with E-state index in [1.807, 2.05) is 0 Å². The fourth-order valence-corrected chi connectivity index (χ4v) is 0. The molecule has 3 nitrogen and oxygen atoms in total. The van der Waals surface area contributed by atoms with Crippen LogP contribution in [-0.4, -0.2) is 23.3 Å². The first-order chi connectivity index (χ1) is 2.27. The molecule has 0 radical (unpaired) electrons. The molecular formula is C2H6NO2+. The van der Waals surface area contributed by atoms with Gasteiger partial charge >= 0.3 is 6.08 Å². The maximum Gasteiger partial charge on any atom is 0.542 e. The van der Waals surface area contributed by atoms with E-state index in [4.69, 9.17) is 10.2 Å². The van der Waals surface area contributed by atoms with E-state index in [0.29, 0.717) is 0 Å². The summed E-state index contributed by atoms with van der Waals surface area (Å²) >= 11 is 0. The Morgan fingerprint density at radius 3 is 1.80 bits per heavy atom. The van der Waals surface area contributed by atoms with Gasteiger partial charge in [-0.1, -0.05) is 0 Å². The first-order valence-corrected chi connectivity index (χ1v) is 1.20. The van der Waals surface area contributed by atoms with Crippen LogP contribution in [0.15, 0.2) is 0 Å². The molecule has 0 aromatic rings. The second-order valence-corrected chi connectivity index (χ2v) is 0.574. The van der Waals surface area contributed by atoms with Crippen molar-refractivity contribution in [2.75, 3.05) is 7.05 Å². The molecule has 0 rings (SSSR count). The molecule has 3 N–H and O–H groups in total. The highest BCUT2D eigenvalue weighted by molar-refractivity contribution is 5.53. The van der Waals surface area contributed by atoms with Crippen LogP contribution in [0.5, 0.6) is 0 Å². The molecule has 3 heteroatoms. The Morgan fingerprint density at radius 2 is 1.80 bits per heavy atom. The predicted octanol–water partition coefficient (Wildman–Crippen LogP) is -1.83. The van der Waals surface area contributed by atoms with Crippen molar-refractivity contribution in [3.63, 3.8) is 0 Å². The lowest BCUT2D eigenvalue weighted by Gasteiger charge is -1.65. The number of aliphatic hydroxyl groups excluding tert-OH is 1. The van der Waals surface area contributed by atoms with E-state index >= 15 is 0 Å². The molecule has 0 fully saturated rings. The molecule has 0 unspecified atom stereocenters. The molecule has 0 saturated carbocycles. The Labute approximate surface area is 29.6 Å². The highest BCUT2D eigenvalue weighted by atomic mass is 16.5. The molecule has 0 aliphatic heterocycles. The predicted molar refractivity (Wildman–Crippen MR) is 17.2 cm³/mol. The van der Waals surface area contributed by atoms with Crippen LogP contribution >= 0.6 is 0 Å². The van der Waals surface area contributed by atoms with Gasteiger partial charge in [0.2, 0.25) is 0 Å². The lowest BCUT2D eigenvalue weighted by Crippen LogP contribution is -2.67. The summed E-state index contributed by atoms with van der Waals surface area (Å²) < 4.78 is 0.